The van der Waals surface area contributed by atoms with Crippen LogP contribution in [0.25, 0.3) is 0 Å². The van der Waals surface area contributed by atoms with E-state index in [1.54, 1.807) is 7.11 Å². The number of likely N-dealkylation sites (tertiary alicyclic amines) is 1. The Labute approximate surface area is 117 Å². The van der Waals surface area contributed by atoms with Crippen molar-refractivity contribution in [3.05, 3.63) is 0 Å². The number of nitrogens with zero attached hydrogens (tertiary/aromatic N) is 1. The van der Waals surface area contributed by atoms with Crippen LogP contribution in [0.1, 0.15) is 32.6 Å². The minimum atomic E-state index is -0.433. The molecule has 3 N–H and O–H groups in total. The molecule has 1 fully saturated rings. The minimum Gasteiger partial charge on any atom is -0.389 e. The van der Waals surface area contributed by atoms with Gasteiger partial charge in [0.25, 0.3) is 0 Å². The second-order valence-corrected chi connectivity index (χ2v) is 5.48. The van der Waals surface area contributed by atoms with Gasteiger partial charge in [0.15, 0.2) is 0 Å². The molecule has 114 valence electrons. The monoisotopic (exact) mass is 274 g/mol. The highest BCUT2D eigenvalue weighted by atomic mass is 16.5. The molecular formula is C14H30N2O3. The van der Waals surface area contributed by atoms with Crippen LogP contribution in [0.5, 0.6) is 0 Å². The van der Waals surface area contributed by atoms with Crippen LogP contribution in [-0.4, -0.2) is 68.2 Å². The molecule has 1 saturated heterocycles. The van der Waals surface area contributed by atoms with Crippen LogP contribution in [0.4, 0.5) is 0 Å². The molecule has 3 atom stereocenters. The Kier molecular flexibility index (Phi) is 8.57. The van der Waals surface area contributed by atoms with Crippen molar-refractivity contribution in [1.29, 1.82) is 0 Å². The molecule has 0 aromatic heterocycles. The van der Waals surface area contributed by atoms with E-state index in [4.69, 9.17) is 15.2 Å². The fraction of sp³-hybridized carbons (Fsp3) is 1.00. The van der Waals surface area contributed by atoms with Crippen molar-refractivity contribution < 1.29 is 14.6 Å². The highest BCUT2D eigenvalue weighted by Gasteiger charge is 2.23. The molecule has 0 bridgehead atoms. The number of β-amino-alcohol motifs (C(OH)–C–C–N with tert-alkyl or cyclic N) is 1. The number of nitrogens with two attached hydrogens (primary N) is 1. The molecule has 19 heavy (non-hydrogen) atoms. The number of piperidine rings is 1. The molecule has 0 aromatic rings. The molecule has 5 nitrogen and oxygen atoms in total. The van der Waals surface area contributed by atoms with Crippen molar-refractivity contribution in [2.75, 3.05) is 40.0 Å². The molecule has 1 aliphatic heterocycles. The maximum atomic E-state index is 10.1. The quantitative estimate of drug-likeness (QED) is 0.644. The Bertz CT molecular complexity index is 227. The fourth-order valence-corrected chi connectivity index (χ4v) is 2.70. The van der Waals surface area contributed by atoms with Gasteiger partial charge in [-0.3, -0.25) is 4.90 Å². The predicted molar refractivity (Wildman–Crippen MR) is 76.2 cm³/mol. The lowest BCUT2D eigenvalue weighted by molar-refractivity contribution is -0.0453. The summed E-state index contributed by atoms with van der Waals surface area (Å²) in [4.78, 5) is 2.37. The van der Waals surface area contributed by atoms with Gasteiger partial charge in [0, 0.05) is 19.7 Å². The standard InChI is InChI=1S/C14H30N2O3/c1-12(10-18-2)19-11-14(17)9-16-8-4-3-5-13(16)6-7-15/h12-14,17H,3-11,15H2,1-2H3. The maximum Gasteiger partial charge on any atom is 0.0900 e. The molecule has 3 unspecified atom stereocenters. The van der Waals surface area contributed by atoms with Gasteiger partial charge >= 0.3 is 0 Å². The first-order valence-electron chi connectivity index (χ1n) is 7.40. The average Bonchev–Trinajstić information content (AvgIpc) is 2.39. The smallest absolute Gasteiger partial charge is 0.0900 e. The summed E-state index contributed by atoms with van der Waals surface area (Å²) in [6, 6.07) is 0.532. The van der Waals surface area contributed by atoms with Gasteiger partial charge in [0.2, 0.25) is 0 Å². The topological polar surface area (TPSA) is 68.0 Å². The molecule has 0 aliphatic carbocycles. The SMILES string of the molecule is COCC(C)OCC(O)CN1CCCCC1CCN. The maximum absolute atomic E-state index is 10.1. The van der Waals surface area contributed by atoms with Crippen LogP contribution in [-0.2, 0) is 9.47 Å². The number of methoxy groups -OCH3 is 1. The number of aliphatic hydroxyl groups excluding tert-OH is 1. The van der Waals surface area contributed by atoms with Gasteiger partial charge in [-0.1, -0.05) is 6.42 Å². The second-order valence-electron chi connectivity index (χ2n) is 5.48. The van der Waals surface area contributed by atoms with Crippen LogP contribution in [0.3, 0.4) is 0 Å². The van der Waals surface area contributed by atoms with Gasteiger partial charge in [-0.2, -0.15) is 0 Å². The summed E-state index contributed by atoms with van der Waals surface area (Å²) in [7, 11) is 1.65. The van der Waals surface area contributed by atoms with E-state index in [0.717, 1.165) is 19.5 Å². The van der Waals surface area contributed by atoms with E-state index < -0.39 is 6.10 Å². The number of hydrogen-bond acceptors (Lipinski definition) is 5. The van der Waals surface area contributed by atoms with Crippen LogP contribution in [0, 0.1) is 0 Å². The third-order valence-electron chi connectivity index (χ3n) is 3.67. The first-order valence-corrected chi connectivity index (χ1v) is 7.40. The van der Waals surface area contributed by atoms with Crippen molar-refractivity contribution in [2.45, 2.75) is 50.9 Å². The van der Waals surface area contributed by atoms with Gasteiger partial charge in [-0.15, -0.1) is 0 Å². The Morgan fingerprint density at radius 1 is 1.37 bits per heavy atom. The molecular weight excluding hydrogens is 244 g/mol. The number of rotatable bonds is 9. The van der Waals surface area contributed by atoms with Gasteiger partial charge in [-0.25, -0.2) is 0 Å². The third-order valence-corrected chi connectivity index (χ3v) is 3.67. The lowest BCUT2D eigenvalue weighted by Gasteiger charge is -2.36. The molecule has 0 radical (unpaired) electrons. The average molecular weight is 274 g/mol. The molecule has 1 rings (SSSR count). The molecule has 5 heteroatoms. The van der Waals surface area contributed by atoms with Crippen LogP contribution in [0.2, 0.25) is 0 Å². The summed E-state index contributed by atoms with van der Waals surface area (Å²) in [5.41, 5.74) is 5.66. The summed E-state index contributed by atoms with van der Waals surface area (Å²) >= 11 is 0. The van der Waals surface area contributed by atoms with Crippen LogP contribution in [0.15, 0.2) is 0 Å². The zero-order valence-corrected chi connectivity index (χ0v) is 12.4. The summed E-state index contributed by atoms with van der Waals surface area (Å²) in [6.45, 7) is 5.36. The highest BCUT2D eigenvalue weighted by molar-refractivity contribution is 4.79. The van der Waals surface area contributed by atoms with Gasteiger partial charge in [0.1, 0.15) is 0 Å². The number of aliphatic hydroxyl groups is 1. The first kappa shape index (κ1) is 16.9. The van der Waals surface area contributed by atoms with E-state index in [-0.39, 0.29) is 6.10 Å². The third kappa shape index (κ3) is 6.68. The summed E-state index contributed by atoms with van der Waals surface area (Å²) in [6.07, 6.45) is 4.31. The highest BCUT2D eigenvalue weighted by Crippen LogP contribution is 2.19. The van der Waals surface area contributed by atoms with Crippen molar-refractivity contribution in [3.8, 4) is 0 Å². The Hall–Kier alpha value is -0.200. The van der Waals surface area contributed by atoms with Gasteiger partial charge < -0.3 is 20.3 Å². The fourth-order valence-electron chi connectivity index (χ4n) is 2.70. The van der Waals surface area contributed by atoms with Crippen molar-refractivity contribution in [3.63, 3.8) is 0 Å². The number of ether oxygens (including phenoxy) is 2. The van der Waals surface area contributed by atoms with Gasteiger partial charge in [0.05, 0.1) is 25.4 Å². The summed E-state index contributed by atoms with van der Waals surface area (Å²) in [5, 5.41) is 10.1. The lowest BCUT2D eigenvalue weighted by atomic mass is 9.99. The zero-order chi connectivity index (χ0) is 14.1. The van der Waals surface area contributed by atoms with Crippen molar-refractivity contribution >= 4 is 0 Å². The summed E-state index contributed by atoms with van der Waals surface area (Å²) < 4.78 is 10.6. The molecule has 1 heterocycles. The number of hydrogen-bond donors (Lipinski definition) is 2. The van der Waals surface area contributed by atoms with E-state index in [9.17, 15) is 5.11 Å². The Morgan fingerprint density at radius 3 is 2.84 bits per heavy atom. The molecule has 0 saturated carbocycles. The van der Waals surface area contributed by atoms with Crippen molar-refractivity contribution in [1.82, 2.24) is 4.90 Å². The van der Waals surface area contributed by atoms with Gasteiger partial charge in [-0.05, 0) is 39.3 Å². The normalized spacial score (nSPS) is 24.3. The van der Waals surface area contributed by atoms with Crippen molar-refractivity contribution in [2.24, 2.45) is 5.73 Å². The van der Waals surface area contributed by atoms with E-state index in [2.05, 4.69) is 4.90 Å². The Balaban J connectivity index is 2.26. The van der Waals surface area contributed by atoms with Crippen LogP contribution < -0.4 is 5.73 Å². The zero-order valence-electron chi connectivity index (χ0n) is 12.4. The molecule has 0 spiro atoms. The lowest BCUT2D eigenvalue weighted by Crippen LogP contribution is -2.45. The van der Waals surface area contributed by atoms with Crippen LogP contribution >= 0.6 is 0 Å². The Morgan fingerprint density at radius 2 is 2.16 bits per heavy atom. The molecule has 1 aliphatic rings. The van der Waals surface area contributed by atoms with E-state index >= 15 is 0 Å². The predicted octanol–water partition coefficient (Wildman–Crippen LogP) is 0.602. The minimum absolute atomic E-state index is 0.0286. The molecule has 0 aromatic carbocycles. The van der Waals surface area contributed by atoms with E-state index in [0.29, 0.717) is 25.8 Å². The van der Waals surface area contributed by atoms with E-state index in [1.165, 1.54) is 19.3 Å². The molecule has 0 amide bonds. The first-order chi connectivity index (χ1) is 9.17. The summed E-state index contributed by atoms with van der Waals surface area (Å²) in [5.74, 6) is 0. The largest absolute Gasteiger partial charge is 0.389 e. The second kappa shape index (κ2) is 9.66. The van der Waals surface area contributed by atoms with E-state index in [1.807, 2.05) is 6.92 Å².